The fourth-order valence-electron chi connectivity index (χ4n) is 4.88. The second-order valence-electron chi connectivity index (χ2n) is 9.55. The minimum atomic E-state index is -0.964. The van der Waals surface area contributed by atoms with Crippen LogP contribution in [0.3, 0.4) is 0 Å². The van der Waals surface area contributed by atoms with Crippen molar-refractivity contribution in [1.82, 2.24) is 10.2 Å². The van der Waals surface area contributed by atoms with Gasteiger partial charge in [0.05, 0.1) is 11.6 Å². The Morgan fingerprint density at radius 2 is 1.88 bits per heavy atom. The van der Waals surface area contributed by atoms with Crippen LogP contribution in [0.15, 0.2) is 70.6 Å². The molecule has 7 nitrogen and oxygen atoms in total. The maximum Gasteiger partial charge on any atom is 0.301 e. The van der Waals surface area contributed by atoms with Crippen molar-refractivity contribution >= 4 is 80.5 Å². The van der Waals surface area contributed by atoms with Gasteiger partial charge in [-0.05, 0) is 66.1 Å². The number of fused-ring (bicyclic) bond motifs is 1. The standard InChI is InChI=1S/C29H20Cl3N3O4S2/c1-14-9-18-10-16(6-8-22(18)39-14)25(36)23-24(15-3-2-4-19(30)11-15)35(27(38)26(23)37)28-33-34-29(41-28)40-13-17-5-7-20(31)12-21(17)32/h2-8,10-12,14,24,36H,9,13H2,1H3/b25-23-. The summed E-state index contributed by atoms with van der Waals surface area (Å²) in [6, 6.07) is 16.4. The van der Waals surface area contributed by atoms with E-state index in [1.807, 2.05) is 13.0 Å². The zero-order chi connectivity index (χ0) is 28.8. The number of nitrogens with zero attached hydrogens (tertiary/aromatic N) is 3. The Kier molecular flexibility index (Phi) is 7.74. The molecule has 2 atom stereocenters. The van der Waals surface area contributed by atoms with Gasteiger partial charge < -0.3 is 9.84 Å². The van der Waals surface area contributed by atoms with Crippen molar-refractivity contribution in [3.63, 3.8) is 0 Å². The van der Waals surface area contributed by atoms with Crippen LogP contribution in [-0.2, 0) is 21.8 Å². The molecule has 1 saturated heterocycles. The number of benzene rings is 3. The number of anilines is 1. The summed E-state index contributed by atoms with van der Waals surface area (Å²) in [5.74, 6) is -0.686. The monoisotopic (exact) mass is 643 g/mol. The second kappa shape index (κ2) is 11.3. The molecule has 6 rings (SSSR count). The molecule has 0 radical (unpaired) electrons. The SMILES string of the molecule is CC1Cc2cc(/C(O)=C3/C(=O)C(=O)N(c4nnc(SCc5ccc(Cl)cc5Cl)s4)C3c3cccc(Cl)c3)ccc2O1. The number of ketones is 1. The van der Waals surface area contributed by atoms with Gasteiger partial charge in [0.25, 0.3) is 5.78 Å². The molecule has 1 amide bonds. The van der Waals surface area contributed by atoms with Crippen molar-refractivity contribution in [2.75, 3.05) is 4.90 Å². The highest BCUT2D eigenvalue weighted by atomic mass is 35.5. The number of aliphatic hydroxyl groups excluding tert-OH is 1. The summed E-state index contributed by atoms with van der Waals surface area (Å²) in [6.45, 7) is 1.96. The van der Waals surface area contributed by atoms with E-state index < -0.39 is 17.7 Å². The fourth-order valence-corrected chi connectivity index (χ4v) is 7.51. The van der Waals surface area contributed by atoms with E-state index in [1.54, 1.807) is 54.6 Å². The first-order chi connectivity index (χ1) is 19.7. The number of rotatable bonds is 6. The molecule has 1 fully saturated rings. The number of thioether (sulfide) groups is 1. The third-order valence-electron chi connectivity index (χ3n) is 6.75. The molecule has 0 saturated carbocycles. The van der Waals surface area contributed by atoms with Crippen molar-refractivity contribution in [1.29, 1.82) is 0 Å². The number of amides is 1. The van der Waals surface area contributed by atoms with Gasteiger partial charge in [-0.15, -0.1) is 10.2 Å². The topological polar surface area (TPSA) is 92.6 Å². The minimum Gasteiger partial charge on any atom is -0.507 e. The lowest BCUT2D eigenvalue weighted by Gasteiger charge is -2.22. The van der Waals surface area contributed by atoms with Crippen LogP contribution in [0.4, 0.5) is 5.13 Å². The van der Waals surface area contributed by atoms with E-state index in [4.69, 9.17) is 39.5 Å². The van der Waals surface area contributed by atoms with E-state index in [1.165, 1.54) is 16.7 Å². The van der Waals surface area contributed by atoms with Crippen molar-refractivity contribution in [2.45, 2.75) is 35.6 Å². The Hall–Kier alpha value is -3.08. The van der Waals surface area contributed by atoms with E-state index in [0.29, 0.717) is 42.7 Å². The van der Waals surface area contributed by atoms with E-state index in [-0.39, 0.29) is 22.6 Å². The number of hydrogen-bond donors (Lipinski definition) is 1. The van der Waals surface area contributed by atoms with E-state index >= 15 is 0 Å². The van der Waals surface area contributed by atoms with Crippen molar-refractivity contribution in [3.8, 4) is 5.75 Å². The van der Waals surface area contributed by atoms with Gasteiger partial charge in [-0.2, -0.15) is 0 Å². The summed E-state index contributed by atoms with van der Waals surface area (Å²) in [5, 5.41) is 21.7. The molecule has 3 aromatic carbocycles. The average molecular weight is 645 g/mol. The first-order valence-corrected chi connectivity index (χ1v) is 15.4. The molecule has 3 heterocycles. The average Bonchev–Trinajstić information content (AvgIpc) is 3.62. The maximum atomic E-state index is 13.5. The number of Topliss-reactive ketones (excluding diaryl/α,β-unsaturated/α-hetero) is 1. The van der Waals surface area contributed by atoms with Gasteiger partial charge in [0.2, 0.25) is 5.13 Å². The molecule has 0 aliphatic carbocycles. The van der Waals surface area contributed by atoms with Crippen LogP contribution in [0.1, 0.15) is 35.2 Å². The molecule has 2 aliphatic rings. The van der Waals surface area contributed by atoms with E-state index in [2.05, 4.69) is 10.2 Å². The smallest absolute Gasteiger partial charge is 0.301 e. The first kappa shape index (κ1) is 28.1. The van der Waals surface area contributed by atoms with Gasteiger partial charge in [-0.3, -0.25) is 14.5 Å². The zero-order valence-corrected chi connectivity index (χ0v) is 25.2. The lowest BCUT2D eigenvalue weighted by atomic mass is 9.94. The van der Waals surface area contributed by atoms with Crippen molar-refractivity contribution in [2.24, 2.45) is 0 Å². The molecule has 12 heteroatoms. The summed E-state index contributed by atoms with van der Waals surface area (Å²) in [5.41, 5.74) is 2.70. The molecular weight excluding hydrogens is 625 g/mol. The molecule has 208 valence electrons. The number of carbonyl (C=O) groups is 2. The van der Waals surface area contributed by atoms with Gasteiger partial charge in [-0.25, -0.2) is 0 Å². The normalized spacial score (nSPS) is 19.5. The van der Waals surface area contributed by atoms with E-state index in [0.717, 1.165) is 28.2 Å². The Labute approximate surface area is 258 Å². The predicted molar refractivity (Wildman–Crippen MR) is 162 cm³/mol. The number of aliphatic hydroxyl groups is 1. The summed E-state index contributed by atoms with van der Waals surface area (Å²) < 4.78 is 6.35. The Bertz CT molecular complexity index is 1740. The first-order valence-electron chi connectivity index (χ1n) is 12.5. The van der Waals surface area contributed by atoms with Crippen LogP contribution in [0, 0.1) is 0 Å². The number of carbonyl (C=O) groups excluding carboxylic acids is 2. The molecule has 2 aliphatic heterocycles. The Balaban J connectivity index is 1.38. The van der Waals surface area contributed by atoms with Crippen LogP contribution in [0.5, 0.6) is 5.75 Å². The quantitative estimate of drug-likeness (QED) is 0.0755. The van der Waals surface area contributed by atoms with Crippen LogP contribution in [-0.4, -0.2) is 33.1 Å². The number of halogens is 3. The lowest BCUT2D eigenvalue weighted by Crippen LogP contribution is -2.29. The number of ether oxygens (including phenoxy) is 1. The molecule has 1 N–H and O–H groups in total. The van der Waals surface area contributed by atoms with Gasteiger partial charge >= 0.3 is 5.91 Å². The van der Waals surface area contributed by atoms with Gasteiger partial charge in [0, 0.05) is 32.8 Å². The summed E-state index contributed by atoms with van der Waals surface area (Å²) >= 11 is 21.2. The van der Waals surface area contributed by atoms with Crippen LogP contribution in [0.25, 0.3) is 5.76 Å². The molecule has 0 spiro atoms. The molecule has 4 aromatic rings. The highest BCUT2D eigenvalue weighted by Crippen LogP contribution is 2.45. The minimum absolute atomic E-state index is 0.0135. The molecular formula is C29H20Cl3N3O4S2. The van der Waals surface area contributed by atoms with Gasteiger partial charge in [0.15, 0.2) is 4.34 Å². The van der Waals surface area contributed by atoms with Crippen LogP contribution >= 0.6 is 57.9 Å². The van der Waals surface area contributed by atoms with Gasteiger partial charge in [-0.1, -0.05) is 76.1 Å². The zero-order valence-electron chi connectivity index (χ0n) is 21.3. The van der Waals surface area contributed by atoms with Gasteiger partial charge in [0.1, 0.15) is 17.6 Å². The fraction of sp³-hybridized carbons (Fsp3) is 0.172. The second-order valence-corrected chi connectivity index (χ2v) is 13.0. The third-order valence-corrected chi connectivity index (χ3v) is 9.67. The Morgan fingerprint density at radius 3 is 2.66 bits per heavy atom. The molecule has 1 aromatic heterocycles. The number of aromatic nitrogens is 2. The highest BCUT2D eigenvalue weighted by molar-refractivity contribution is 8.00. The Morgan fingerprint density at radius 1 is 1.07 bits per heavy atom. The third kappa shape index (κ3) is 5.45. The molecule has 0 bridgehead atoms. The van der Waals surface area contributed by atoms with E-state index in [9.17, 15) is 14.7 Å². The molecule has 2 unspecified atom stereocenters. The largest absolute Gasteiger partial charge is 0.507 e. The summed E-state index contributed by atoms with van der Waals surface area (Å²) in [4.78, 5) is 28.3. The number of hydrogen-bond acceptors (Lipinski definition) is 8. The predicted octanol–water partition coefficient (Wildman–Crippen LogP) is 7.74. The molecule has 41 heavy (non-hydrogen) atoms. The van der Waals surface area contributed by atoms with Crippen LogP contribution < -0.4 is 9.64 Å². The lowest BCUT2D eigenvalue weighted by molar-refractivity contribution is -0.132. The highest BCUT2D eigenvalue weighted by Gasteiger charge is 2.48. The maximum absolute atomic E-state index is 13.5. The van der Waals surface area contributed by atoms with Crippen LogP contribution in [0.2, 0.25) is 15.1 Å². The summed E-state index contributed by atoms with van der Waals surface area (Å²) in [6.07, 6.45) is 0.689. The van der Waals surface area contributed by atoms with Crippen molar-refractivity contribution in [3.05, 3.63) is 104 Å². The van der Waals surface area contributed by atoms with Crippen molar-refractivity contribution < 1.29 is 19.4 Å². The summed E-state index contributed by atoms with van der Waals surface area (Å²) in [7, 11) is 0.